The van der Waals surface area contributed by atoms with E-state index in [1.54, 1.807) is 12.3 Å². The molecule has 2 aromatic heterocycles. The molecule has 0 amide bonds. The number of fused-ring (bicyclic) bond motifs is 3. The molecular weight excluding hydrogens is 480 g/mol. The van der Waals surface area contributed by atoms with Crippen molar-refractivity contribution in [2.45, 2.75) is 0 Å². The number of nitrogens with zero attached hydrogens (tertiary/aromatic N) is 2. The van der Waals surface area contributed by atoms with E-state index < -0.39 is 5.82 Å². The van der Waals surface area contributed by atoms with E-state index in [2.05, 4.69) is 20.5 Å². The minimum atomic E-state index is -0.540. The molecule has 0 radical (unpaired) electrons. The van der Waals surface area contributed by atoms with E-state index in [1.165, 1.54) is 12.1 Å². The van der Waals surface area contributed by atoms with Crippen LogP contribution in [-0.2, 0) is 4.74 Å². The molecule has 3 N–H and O–H groups in total. The van der Waals surface area contributed by atoms with Crippen LogP contribution in [0.5, 0.6) is 0 Å². The normalized spacial score (nSPS) is 14.6. The van der Waals surface area contributed by atoms with Gasteiger partial charge in [-0.15, -0.1) is 0 Å². The number of nitrogens with one attached hydrogen (secondary N) is 3. The Morgan fingerprint density at radius 1 is 1.09 bits per heavy atom. The highest BCUT2D eigenvalue weighted by molar-refractivity contribution is 6.39. The Morgan fingerprint density at radius 2 is 1.85 bits per heavy atom. The number of halogens is 3. The van der Waals surface area contributed by atoms with E-state index in [4.69, 9.17) is 32.9 Å². The van der Waals surface area contributed by atoms with Crippen molar-refractivity contribution in [1.82, 2.24) is 14.9 Å². The van der Waals surface area contributed by atoms with Crippen molar-refractivity contribution in [3.05, 3.63) is 68.8 Å². The van der Waals surface area contributed by atoms with Crippen LogP contribution in [0, 0.1) is 5.82 Å². The van der Waals surface area contributed by atoms with Crippen LogP contribution in [0.3, 0.4) is 0 Å². The molecule has 0 bridgehead atoms. The third kappa shape index (κ3) is 4.67. The van der Waals surface area contributed by atoms with E-state index in [-0.39, 0.29) is 15.6 Å². The summed E-state index contributed by atoms with van der Waals surface area (Å²) >= 11 is 12.4. The first-order valence-corrected chi connectivity index (χ1v) is 11.7. The highest BCUT2D eigenvalue weighted by Crippen LogP contribution is 2.36. The predicted molar refractivity (Wildman–Crippen MR) is 135 cm³/mol. The maximum atomic E-state index is 13.6. The predicted octanol–water partition coefficient (Wildman–Crippen LogP) is 5.01. The first-order chi connectivity index (χ1) is 16.5. The number of benzene rings is 2. The molecule has 2 aromatic carbocycles. The molecule has 0 aliphatic carbocycles. The third-order valence-corrected chi connectivity index (χ3v) is 6.42. The second-order valence-electron chi connectivity index (χ2n) is 8.04. The van der Waals surface area contributed by atoms with Crippen molar-refractivity contribution in [3.63, 3.8) is 0 Å². The largest absolute Gasteiger partial charge is 0.384 e. The Balaban J connectivity index is 1.50. The number of aromatic amines is 1. The van der Waals surface area contributed by atoms with Gasteiger partial charge in [0.25, 0.3) is 5.56 Å². The van der Waals surface area contributed by atoms with E-state index in [0.29, 0.717) is 27.8 Å². The average molecular weight is 502 g/mol. The first kappa shape index (κ1) is 22.9. The number of anilines is 3. The lowest BCUT2D eigenvalue weighted by Gasteiger charge is -2.26. The standard InChI is InChI=1S/C24H22Cl2FN5O2/c25-18-11-14(27)12-19(26)22(18)31-23-16-3-4-29-24(33)21(16)17-13-15(1-2-20(17)30-23)28-5-6-32-7-9-34-10-8-32/h1-4,11-13,28H,5-10H2,(H,29,33)(H,30,31). The van der Waals surface area contributed by atoms with Gasteiger partial charge in [0, 0.05) is 48.8 Å². The lowest BCUT2D eigenvalue weighted by atomic mass is 10.1. The van der Waals surface area contributed by atoms with Crippen LogP contribution in [0.4, 0.5) is 21.6 Å². The maximum Gasteiger partial charge on any atom is 0.256 e. The summed E-state index contributed by atoms with van der Waals surface area (Å²) in [6, 6.07) is 9.81. The van der Waals surface area contributed by atoms with Gasteiger partial charge < -0.3 is 20.4 Å². The molecule has 0 unspecified atom stereocenters. The van der Waals surface area contributed by atoms with Gasteiger partial charge in [-0.05, 0) is 36.4 Å². The fraction of sp³-hybridized carbons (Fsp3) is 0.250. The number of pyridine rings is 2. The lowest BCUT2D eigenvalue weighted by molar-refractivity contribution is 0.0398. The first-order valence-electron chi connectivity index (χ1n) is 10.9. The molecule has 176 valence electrons. The molecular formula is C24H22Cl2FN5O2. The van der Waals surface area contributed by atoms with Crippen LogP contribution < -0.4 is 16.2 Å². The summed E-state index contributed by atoms with van der Waals surface area (Å²) in [5.74, 6) is -0.140. The number of ether oxygens (including phenoxy) is 1. The third-order valence-electron chi connectivity index (χ3n) is 5.83. The van der Waals surface area contributed by atoms with Gasteiger partial charge >= 0.3 is 0 Å². The van der Waals surface area contributed by atoms with Gasteiger partial charge in [-0.3, -0.25) is 9.69 Å². The quantitative estimate of drug-likeness (QED) is 0.322. The summed E-state index contributed by atoms with van der Waals surface area (Å²) in [6.07, 6.45) is 1.56. The van der Waals surface area contributed by atoms with Crippen molar-refractivity contribution in [1.29, 1.82) is 0 Å². The molecule has 0 spiro atoms. The topological polar surface area (TPSA) is 82.3 Å². The molecule has 3 heterocycles. The Labute approximate surface area is 204 Å². The highest BCUT2D eigenvalue weighted by Gasteiger charge is 2.16. The number of hydrogen-bond donors (Lipinski definition) is 3. The molecule has 1 fully saturated rings. The summed E-state index contributed by atoms with van der Waals surface area (Å²) in [6.45, 7) is 5.07. The monoisotopic (exact) mass is 501 g/mol. The zero-order valence-corrected chi connectivity index (χ0v) is 19.6. The SMILES string of the molecule is O=c1[nH]ccc2c(Nc3c(Cl)cc(F)cc3Cl)nc3ccc(NCCN4CCOCC4)cc3c12. The molecule has 1 saturated heterocycles. The summed E-state index contributed by atoms with van der Waals surface area (Å²) < 4.78 is 19.0. The van der Waals surface area contributed by atoms with Gasteiger partial charge in [-0.25, -0.2) is 9.37 Å². The van der Waals surface area contributed by atoms with Gasteiger partial charge in [0.1, 0.15) is 11.6 Å². The van der Waals surface area contributed by atoms with Gasteiger partial charge in [-0.2, -0.15) is 0 Å². The van der Waals surface area contributed by atoms with Gasteiger partial charge in [-0.1, -0.05) is 23.2 Å². The second kappa shape index (κ2) is 9.76. The fourth-order valence-electron chi connectivity index (χ4n) is 4.13. The van der Waals surface area contributed by atoms with Crippen molar-refractivity contribution in [2.75, 3.05) is 50.0 Å². The van der Waals surface area contributed by atoms with Crippen molar-refractivity contribution >= 4 is 62.1 Å². The Bertz CT molecular complexity index is 1400. The number of morpholine rings is 1. The van der Waals surface area contributed by atoms with E-state index >= 15 is 0 Å². The molecule has 7 nitrogen and oxygen atoms in total. The smallest absolute Gasteiger partial charge is 0.256 e. The van der Waals surface area contributed by atoms with Crippen molar-refractivity contribution in [2.24, 2.45) is 0 Å². The summed E-state index contributed by atoms with van der Waals surface area (Å²) in [7, 11) is 0. The molecule has 5 rings (SSSR count). The minimum Gasteiger partial charge on any atom is -0.384 e. The van der Waals surface area contributed by atoms with Gasteiger partial charge in [0.2, 0.25) is 0 Å². The zero-order valence-electron chi connectivity index (χ0n) is 18.1. The second-order valence-corrected chi connectivity index (χ2v) is 8.85. The Morgan fingerprint density at radius 3 is 2.62 bits per heavy atom. The maximum absolute atomic E-state index is 13.6. The van der Waals surface area contributed by atoms with Crippen molar-refractivity contribution in [3.8, 4) is 0 Å². The van der Waals surface area contributed by atoms with Crippen molar-refractivity contribution < 1.29 is 9.13 Å². The van der Waals surface area contributed by atoms with Crippen LogP contribution in [0.25, 0.3) is 21.7 Å². The van der Waals surface area contributed by atoms with E-state index in [1.807, 2.05) is 18.2 Å². The number of aromatic nitrogens is 2. The van der Waals surface area contributed by atoms with Crippen LogP contribution >= 0.6 is 23.2 Å². The van der Waals surface area contributed by atoms with Crippen LogP contribution in [-0.4, -0.2) is 54.3 Å². The molecule has 34 heavy (non-hydrogen) atoms. The van der Waals surface area contributed by atoms with E-state index in [9.17, 15) is 9.18 Å². The van der Waals surface area contributed by atoms with Crippen LogP contribution in [0.1, 0.15) is 0 Å². The molecule has 4 aromatic rings. The zero-order chi connectivity index (χ0) is 23.7. The summed E-state index contributed by atoms with van der Waals surface area (Å²) in [4.78, 5) is 22.7. The van der Waals surface area contributed by atoms with E-state index in [0.717, 1.165) is 50.5 Å². The molecule has 1 aliphatic rings. The Hall–Kier alpha value is -2.91. The molecule has 0 atom stereocenters. The van der Waals surface area contributed by atoms with Crippen LogP contribution in [0.15, 0.2) is 47.4 Å². The van der Waals surface area contributed by atoms with Crippen LogP contribution in [0.2, 0.25) is 10.0 Å². The molecule has 10 heteroatoms. The number of hydrogen-bond acceptors (Lipinski definition) is 6. The molecule has 0 saturated carbocycles. The minimum absolute atomic E-state index is 0.115. The fourth-order valence-corrected chi connectivity index (χ4v) is 4.68. The lowest BCUT2D eigenvalue weighted by Crippen LogP contribution is -2.38. The Kier molecular flexibility index (Phi) is 6.56. The molecule has 1 aliphatic heterocycles. The van der Waals surface area contributed by atoms with Gasteiger partial charge in [0.05, 0.1) is 39.8 Å². The highest BCUT2D eigenvalue weighted by atomic mass is 35.5. The summed E-state index contributed by atoms with van der Waals surface area (Å²) in [5.41, 5.74) is 1.60. The van der Waals surface area contributed by atoms with Gasteiger partial charge in [0.15, 0.2) is 0 Å². The average Bonchev–Trinajstić information content (AvgIpc) is 2.82. The number of H-pyrrole nitrogens is 1. The number of rotatable bonds is 6. The summed E-state index contributed by atoms with van der Waals surface area (Å²) in [5, 5.41) is 8.56.